The van der Waals surface area contributed by atoms with Gasteiger partial charge in [-0.05, 0) is 42.8 Å². The Morgan fingerprint density at radius 3 is 2.63 bits per heavy atom. The number of hydrogen-bond acceptors (Lipinski definition) is 5. The molecule has 0 bridgehead atoms. The molecule has 0 saturated heterocycles. The molecule has 0 fully saturated rings. The Morgan fingerprint density at radius 2 is 1.96 bits per heavy atom. The first-order valence-electron chi connectivity index (χ1n) is 8.59. The van der Waals surface area contributed by atoms with Gasteiger partial charge in [-0.2, -0.15) is 0 Å². The summed E-state index contributed by atoms with van der Waals surface area (Å²) in [6.45, 7) is 2.39. The predicted octanol–water partition coefficient (Wildman–Crippen LogP) is 4.56. The van der Waals surface area contributed by atoms with Gasteiger partial charge in [-0.15, -0.1) is 11.3 Å². The van der Waals surface area contributed by atoms with E-state index in [9.17, 15) is 4.79 Å². The average molecular weight is 382 g/mol. The van der Waals surface area contributed by atoms with Crippen LogP contribution < -0.4 is 9.47 Å². The summed E-state index contributed by atoms with van der Waals surface area (Å²) in [6.07, 6.45) is 0. The van der Waals surface area contributed by atoms with Gasteiger partial charge in [-0.1, -0.05) is 18.2 Å². The number of aromatic nitrogens is 1. The van der Waals surface area contributed by atoms with E-state index in [4.69, 9.17) is 9.47 Å². The van der Waals surface area contributed by atoms with E-state index in [1.54, 1.807) is 36.7 Å². The van der Waals surface area contributed by atoms with Crippen molar-refractivity contribution in [2.45, 2.75) is 19.6 Å². The molecule has 0 radical (unpaired) electrons. The number of nitrogens with zero attached hydrogens (tertiary/aromatic N) is 2. The molecule has 3 rings (SSSR count). The van der Waals surface area contributed by atoms with Crippen molar-refractivity contribution in [1.29, 1.82) is 0 Å². The molecule has 1 heterocycles. The molecule has 0 spiro atoms. The van der Waals surface area contributed by atoms with E-state index in [2.05, 4.69) is 4.98 Å². The maximum absolute atomic E-state index is 12.9. The number of amides is 1. The smallest absolute Gasteiger partial charge is 0.254 e. The number of carbonyl (C=O) groups excluding carboxylic acids is 1. The number of carbonyl (C=O) groups is 1. The van der Waals surface area contributed by atoms with Crippen LogP contribution in [0.5, 0.6) is 11.5 Å². The van der Waals surface area contributed by atoms with Crippen molar-refractivity contribution < 1.29 is 14.3 Å². The summed E-state index contributed by atoms with van der Waals surface area (Å²) in [5, 5.41) is 1.94. The van der Waals surface area contributed by atoms with Gasteiger partial charge >= 0.3 is 0 Å². The summed E-state index contributed by atoms with van der Waals surface area (Å²) in [5.41, 5.74) is 4.28. The number of thiazole rings is 1. The van der Waals surface area contributed by atoms with E-state index >= 15 is 0 Å². The molecule has 1 unspecified atom stereocenters. The maximum atomic E-state index is 12.9. The highest BCUT2D eigenvalue weighted by Gasteiger charge is 2.19. The lowest BCUT2D eigenvalue weighted by Gasteiger charge is -2.25. The average Bonchev–Trinajstić information content (AvgIpc) is 3.24. The first-order chi connectivity index (χ1) is 13.1. The minimum atomic E-state index is -0.0667. The summed E-state index contributed by atoms with van der Waals surface area (Å²) in [5.74, 6) is 1.39. The van der Waals surface area contributed by atoms with Gasteiger partial charge in [0.2, 0.25) is 0 Å². The van der Waals surface area contributed by atoms with Crippen LogP contribution >= 0.6 is 11.3 Å². The zero-order chi connectivity index (χ0) is 19.2. The van der Waals surface area contributed by atoms with E-state index in [0.29, 0.717) is 17.9 Å². The second-order valence-electron chi connectivity index (χ2n) is 6.16. The van der Waals surface area contributed by atoms with Crippen molar-refractivity contribution in [3.63, 3.8) is 0 Å². The Morgan fingerprint density at radius 1 is 1.19 bits per heavy atom. The Bertz CT molecular complexity index is 879. The summed E-state index contributed by atoms with van der Waals surface area (Å²) in [7, 11) is 3.44. The molecule has 0 aliphatic heterocycles. The second kappa shape index (κ2) is 8.68. The third-order valence-corrected chi connectivity index (χ3v) is 5.09. The fourth-order valence-corrected chi connectivity index (χ4v) is 3.21. The topological polar surface area (TPSA) is 51.7 Å². The fraction of sp³-hybridized carbons (Fsp3) is 0.238. The normalized spacial score (nSPS) is 11.7. The maximum Gasteiger partial charge on any atom is 0.254 e. The first kappa shape index (κ1) is 18.9. The van der Waals surface area contributed by atoms with E-state index in [-0.39, 0.29) is 11.9 Å². The van der Waals surface area contributed by atoms with Crippen LogP contribution in [-0.2, 0) is 6.61 Å². The van der Waals surface area contributed by atoms with Crippen molar-refractivity contribution in [3.8, 4) is 11.5 Å². The summed E-state index contributed by atoms with van der Waals surface area (Å²) in [6, 6.07) is 14.9. The molecule has 0 saturated carbocycles. The highest BCUT2D eigenvalue weighted by molar-refractivity contribution is 7.07. The molecule has 27 heavy (non-hydrogen) atoms. The van der Waals surface area contributed by atoms with E-state index in [0.717, 1.165) is 17.0 Å². The Balaban J connectivity index is 1.69. The van der Waals surface area contributed by atoms with Gasteiger partial charge < -0.3 is 14.4 Å². The van der Waals surface area contributed by atoms with Crippen molar-refractivity contribution in [3.05, 3.63) is 76.2 Å². The van der Waals surface area contributed by atoms with Gasteiger partial charge in [-0.3, -0.25) is 4.79 Å². The Hall–Kier alpha value is -2.86. The van der Waals surface area contributed by atoms with Crippen LogP contribution in [0.15, 0.2) is 59.4 Å². The third-order valence-electron chi connectivity index (χ3n) is 4.45. The molecule has 1 amide bonds. The lowest BCUT2D eigenvalue weighted by Crippen LogP contribution is -2.29. The summed E-state index contributed by atoms with van der Waals surface area (Å²) < 4.78 is 10.9. The quantitative estimate of drug-likeness (QED) is 0.601. The van der Waals surface area contributed by atoms with Crippen molar-refractivity contribution in [2.24, 2.45) is 0 Å². The number of benzene rings is 2. The lowest BCUT2D eigenvalue weighted by atomic mass is 10.1. The monoisotopic (exact) mass is 382 g/mol. The number of ether oxygens (including phenoxy) is 2. The van der Waals surface area contributed by atoms with Gasteiger partial charge in [0.15, 0.2) is 0 Å². The Labute approximate surface area is 163 Å². The van der Waals surface area contributed by atoms with Crippen LogP contribution in [0.1, 0.15) is 34.6 Å². The van der Waals surface area contributed by atoms with Crippen LogP contribution in [0.25, 0.3) is 0 Å². The molecule has 1 atom stereocenters. The van der Waals surface area contributed by atoms with Gasteiger partial charge in [0.1, 0.15) is 18.1 Å². The molecule has 0 N–H and O–H groups in total. The molecular weight excluding hydrogens is 360 g/mol. The summed E-state index contributed by atoms with van der Waals surface area (Å²) >= 11 is 1.53. The standard InChI is InChI=1S/C21H22N2O3S/c1-15(16-7-9-19(25-3)10-8-16)23(2)21(24)17-5-4-6-20(11-17)26-12-18-13-27-14-22-18/h4-11,13-15H,12H2,1-3H3. The number of hydrogen-bond donors (Lipinski definition) is 0. The van der Waals surface area contributed by atoms with Crippen LogP contribution in [0, 0.1) is 0 Å². The number of methoxy groups -OCH3 is 1. The van der Waals surface area contributed by atoms with Crippen LogP contribution in [0.3, 0.4) is 0 Å². The molecule has 0 aliphatic rings. The minimum Gasteiger partial charge on any atom is -0.497 e. The minimum absolute atomic E-state index is 0.0579. The van der Waals surface area contributed by atoms with Crippen molar-refractivity contribution in [1.82, 2.24) is 9.88 Å². The van der Waals surface area contributed by atoms with Crippen molar-refractivity contribution in [2.75, 3.05) is 14.2 Å². The number of rotatable bonds is 7. The third kappa shape index (κ3) is 4.65. The SMILES string of the molecule is COc1ccc(C(C)N(C)C(=O)c2cccc(OCc3cscn3)c2)cc1. The predicted molar refractivity (Wildman–Crippen MR) is 106 cm³/mol. The highest BCUT2D eigenvalue weighted by atomic mass is 32.1. The van der Waals surface area contributed by atoms with Crippen LogP contribution in [0.2, 0.25) is 0 Å². The first-order valence-corrected chi connectivity index (χ1v) is 9.54. The molecule has 140 valence electrons. The molecule has 5 nitrogen and oxygen atoms in total. The summed E-state index contributed by atoms with van der Waals surface area (Å²) in [4.78, 5) is 18.8. The Kier molecular flexibility index (Phi) is 6.08. The molecular formula is C21H22N2O3S. The van der Waals surface area contributed by atoms with E-state index in [1.807, 2.05) is 48.7 Å². The fourth-order valence-electron chi connectivity index (χ4n) is 2.67. The van der Waals surface area contributed by atoms with E-state index in [1.165, 1.54) is 11.3 Å². The van der Waals surface area contributed by atoms with Crippen LogP contribution in [0.4, 0.5) is 0 Å². The molecule has 6 heteroatoms. The van der Waals surface area contributed by atoms with Gasteiger partial charge in [0, 0.05) is 18.0 Å². The highest BCUT2D eigenvalue weighted by Crippen LogP contribution is 2.24. The molecule has 2 aromatic carbocycles. The van der Waals surface area contributed by atoms with E-state index < -0.39 is 0 Å². The zero-order valence-corrected chi connectivity index (χ0v) is 16.4. The van der Waals surface area contributed by atoms with Gasteiger partial charge in [0.25, 0.3) is 5.91 Å². The van der Waals surface area contributed by atoms with Crippen LogP contribution in [-0.4, -0.2) is 29.9 Å². The lowest BCUT2D eigenvalue weighted by molar-refractivity contribution is 0.0742. The largest absolute Gasteiger partial charge is 0.497 e. The molecule has 0 aliphatic carbocycles. The molecule has 1 aromatic heterocycles. The zero-order valence-electron chi connectivity index (χ0n) is 15.6. The second-order valence-corrected chi connectivity index (χ2v) is 6.88. The van der Waals surface area contributed by atoms with Gasteiger partial charge in [0.05, 0.1) is 24.4 Å². The van der Waals surface area contributed by atoms with Gasteiger partial charge in [-0.25, -0.2) is 4.98 Å². The molecule has 3 aromatic rings. The van der Waals surface area contributed by atoms with Crippen molar-refractivity contribution >= 4 is 17.2 Å².